The summed E-state index contributed by atoms with van der Waals surface area (Å²) in [5, 5.41) is 21.4. The molecule has 0 radical (unpaired) electrons. The minimum Gasteiger partial charge on any atom is -0.393 e. The SMILES string of the molecule is Cn1cc(NSNC2CCC(O)CC2)c(Cl)c1C(=O)Nc1ccc(F)c(C#N)c1. The number of aryl methyl sites for hydroxylation is 1. The molecule has 1 heterocycles. The van der Waals surface area contributed by atoms with Gasteiger partial charge in [0.25, 0.3) is 5.91 Å². The topological polar surface area (TPSA) is 102 Å². The molecule has 0 atom stereocenters. The van der Waals surface area contributed by atoms with Crippen LogP contribution in [0.3, 0.4) is 0 Å². The number of nitrogens with one attached hydrogen (secondary N) is 3. The minimum atomic E-state index is -0.647. The number of nitrogens with zero attached hydrogens (tertiary/aromatic N) is 2. The maximum absolute atomic E-state index is 13.4. The average Bonchev–Trinajstić information content (AvgIpc) is 2.98. The fourth-order valence-corrected chi connectivity index (χ4v) is 4.27. The molecule has 154 valence electrons. The highest BCUT2D eigenvalue weighted by atomic mass is 35.5. The molecule has 1 aromatic heterocycles. The van der Waals surface area contributed by atoms with Crippen molar-refractivity contribution in [3.05, 3.63) is 46.5 Å². The number of carbonyl (C=O) groups excluding carboxylic acids is 1. The van der Waals surface area contributed by atoms with Crippen LogP contribution in [0.4, 0.5) is 15.8 Å². The van der Waals surface area contributed by atoms with Gasteiger partial charge >= 0.3 is 0 Å². The molecule has 3 rings (SSSR count). The van der Waals surface area contributed by atoms with Gasteiger partial charge in [0.2, 0.25) is 0 Å². The number of halogens is 2. The maximum Gasteiger partial charge on any atom is 0.273 e. The lowest BCUT2D eigenvalue weighted by atomic mass is 9.94. The maximum atomic E-state index is 13.4. The Morgan fingerprint density at radius 1 is 1.38 bits per heavy atom. The molecule has 4 N–H and O–H groups in total. The first-order valence-electron chi connectivity index (χ1n) is 9.10. The van der Waals surface area contributed by atoms with Crippen molar-refractivity contribution in [2.45, 2.75) is 37.8 Å². The summed E-state index contributed by atoms with van der Waals surface area (Å²) in [7, 11) is 1.69. The van der Waals surface area contributed by atoms with Crippen molar-refractivity contribution in [3.8, 4) is 6.07 Å². The Morgan fingerprint density at radius 3 is 2.79 bits per heavy atom. The van der Waals surface area contributed by atoms with E-state index in [1.807, 2.05) is 0 Å². The summed E-state index contributed by atoms with van der Waals surface area (Å²) in [5.41, 5.74) is 0.957. The second-order valence-electron chi connectivity index (χ2n) is 6.90. The van der Waals surface area contributed by atoms with Crippen LogP contribution in [0.15, 0.2) is 24.4 Å². The van der Waals surface area contributed by atoms with Gasteiger partial charge in [0.1, 0.15) is 17.6 Å². The standard InChI is InChI=1S/C19H21ClFN5O2S/c1-26-10-16(25-29-24-12-2-5-14(27)6-3-12)17(20)18(26)19(28)23-13-4-7-15(21)11(8-13)9-22/h4,7-8,10,12,14,24-25,27H,2-3,5-6H2,1H3,(H,23,28). The van der Waals surface area contributed by atoms with Gasteiger partial charge in [0.15, 0.2) is 0 Å². The molecular formula is C19H21ClFN5O2S. The summed E-state index contributed by atoms with van der Waals surface area (Å²) in [6, 6.07) is 5.81. The number of aliphatic hydroxyl groups is 1. The van der Waals surface area contributed by atoms with Gasteiger partial charge in [-0.05, 0) is 43.9 Å². The summed E-state index contributed by atoms with van der Waals surface area (Å²) >= 11 is 7.67. The van der Waals surface area contributed by atoms with Crippen LogP contribution in [-0.2, 0) is 7.05 Å². The zero-order chi connectivity index (χ0) is 21.0. The van der Waals surface area contributed by atoms with E-state index in [0.717, 1.165) is 31.7 Å². The quantitative estimate of drug-likeness (QED) is 0.512. The van der Waals surface area contributed by atoms with Gasteiger partial charge in [-0.2, -0.15) is 5.26 Å². The molecule has 0 bridgehead atoms. The van der Waals surface area contributed by atoms with Crippen molar-refractivity contribution in [3.63, 3.8) is 0 Å². The van der Waals surface area contributed by atoms with Crippen molar-refractivity contribution in [1.29, 1.82) is 5.26 Å². The molecule has 7 nitrogen and oxygen atoms in total. The molecule has 1 aliphatic carbocycles. The average molecular weight is 438 g/mol. The molecule has 1 aromatic carbocycles. The number of rotatable bonds is 6. The van der Waals surface area contributed by atoms with Crippen LogP contribution in [0.2, 0.25) is 5.02 Å². The Balaban J connectivity index is 1.62. The van der Waals surface area contributed by atoms with E-state index in [0.29, 0.717) is 17.4 Å². The Morgan fingerprint density at radius 2 is 2.10 bits per heavy atom. The lowest BCUT2D eigenvalue weighted by Crippen LogP contribution is -2.31. The third kappa shape index (κ3) is 5.22. The summed E-state index contributed by atoms with van der Waals surface area (Å²) in [4.78, 5) is 12.6. The molecule has 0 spiro atoms. The third-order valence-electron chi connectivity index (χ3n) is 4.76. The number of anilines is 2. The number of hydrogen-bond acceptors (Lipinski definition) is 6. The second kappa shape index (κ2) is 9.50. The number of benzene rings is 1. The lowest BCUT2D eigenvalue weighted by molar-refractivity contribution is 0.101. The first kappa shape index (κ1) is 21.5. The predicted octanol–water partition coefficient (Wildman–Crippen LogP) is 3.81. The number of hydrogen-bond donors (Lipinski definition) is 4. The van der Waals surface area contributed by atoms with Crippen LogP contribution in [-0.4, -0.2) is 27.7 Å². The Kier molecular flexibility index (Phi) is 7.03. The summed E-state index contributed by atoms with van der Waals surface area (Å²) in [6.07, 6.45) is 4.85. The summed E-state index contributed by atoms with van der Waals surface area (Å²) < 4.78 is 21.4. The fraction of sp³-hybridized carbons (Fsp3) is 0.368. The highest BCUT2D eigenvalue weighted by Gasteiger charge is 2.21. The molecular weight excluding hydrogens is 417 g/mol. The molecule has 1 aliphatic rings. The smallest absolute Gasteiger partial charge is 0.273 e. The third-order valence-corrected chi connectivity index (χ3v) is 5.92. The number of aliphatic hydroxyl groups excluding tert-OH is 1. The fourth-order valence-electron chi connectivity index (χ4n) is 3.17. The zero-order valence-electron chi connectivity index (χ0n) is 15.7. The van der Waals surface area contributed by atoms with Crippen LogP contribution in [0.5, 0.6) is 0 Å². The van der Waals surface area contributed by atoms with E-state index >= 15 is 0 Å². The van der Waals surface area contributed by atoms with Crippen molar-refractivity contribution < 1.29 is 14.3 Å². The molecule has 10 heteroatoms. The van der Waals surface area contributed by atoms with E-state index < -0.39 is 11.7 Å². The van der Waals surface area contributed by atoms with E-state index in [4.69, 9.17) is 16.9 Å². The molecule has 0 aliphatic heterocycles. The first-order valence-corrected chi connectivity index (χ1v) is 10.3. The second-order valence-corrected chi connectivity index (χ2v) is 7.93. The Labute approximate surface area is 177 Å². The van der Waals surface area contributed by atoms with Crippen molar-refractivity contribution in [2.75, 3.05) is 10.0 Å². The van der Waals surface area contributed by atoms with Gasteiger partial charge in [0, 0.05) is 37.1 Å². The van der Waals surface area contributed by atoms with Crippen LogP contribution in [0.1, 0.15) is 41.7 Å². The molecule has 1 amide bonds. The van der Waals surface area contributed by atoms with Gasteiger partial charge < -0.3 is 19.7 Å². The number of amides is 1. The van der Waals surface area contributed by atoms with Crippen LogP contribution < -0.4 is 14.8 Å². The van der Waals surface area contributed by atoms with Gasteiger partial charge in [-0.3, -0.25) is 4.79 Å². The number of nitriles is 1. The van der Waals surface area contributed by atoms with Gasteiger partial charge in [0.05, 0.1) is 22.4 Å². The molecule has 29 heavy (non-hydrogen) atoms. The van der Waals surface area contributed by atoms with Crippen molar-refractivity contribution in [2.24, 2.45) is 7.05 Å². The van der Waals surface area contributed by atoms with Crippen LogP contribution >= 0.6 is 23.7 Å². The Bertz CT molecular complexity index is 937. The van der Waals surface area contributed by atoms with Gasteiger partial charge in [-0.15, -0.1) is 0 Å². The van der Waals surface area contributed by atoms with Gasteiger partial charge in [-0.25, -0.2) is 9.11 Å². The van der Waals surface area contributed by atoms with E-state index in [1.165, 1.54) is 24.3 Å². The molecule has 1 fully saturated rings. The summed E-state index contributed by atoms with van der Waals surface area (Å²) in [5.74, 6) is -1.12. The molecule has 0 saturated heterocycles. The minimum absolute atomic E-state index is 0.152. The molecule has 1 saturated carbocycles. The van der Waals surface area contributed by atoms with Gasteiger partial charge in [-0.1, -0.05) is 11.6 Å². The monoisotopic (exact) mass is 437 g/mol. The zero-order valence-corrected chi connectivity index (χ0v) is 17.3. The van der Waals surface area contributed by atoms with E-state index in [1.54, 1.807) is 23.9 Å². The molecule has 2 aromatic rings. The van der Waals surface area contributed by atoms with Crippen molar-refractivity contribution >= 4 is 41.0 Å². The number of aromatic nitrogens is 1. The summed E-state index contributed by atoms with van der Waals surface area (Å²) in [6.45, 7) is 0. The first-order chi connectivity index (χ1) is 13.9. The van der Waals surface area contributed by atoms with E-state index in [2.05, 4.69) is 14.8 Å². The largest absolute Gasteiger partial charge is 0.393 e. The normalized spacial score (nSPS) is 18.9. The van der Waals surface area contributed by atoms with Crippen LogP contribution in [0.25, 0.3) is 0 Å². The highest BCUT2D eigenvalue weighted by molar-refractivity contribution is 7.98. The number of carbonyl (C=O) groups is 1. The van der Waals surface area contributed by atoms with E-state index in [-0.39, 0.29) is 22.4 Å². The van der Waals surface area contributed by atoms with Crippen LogP contribution in [0, 0.1) is 17.1 Å². The van der Waals surface area contributed by atoms with E-state index in [9.17, 15) is 14.3 Å². The Hall–Kier alpha value is -2.25. The lowest BCUT2D eigenvalue weighted by Gasteiger charge is -2.25. The predicted molar refractivity (Wildman–Crippen MR) is 112 cm³/mol. The van der Waals surface area contributed by atoms with Crippen molar-refractivity contribution in [1.82, 2.24) is 9.29 Å². The molecule has 0 unspecified atom stereocenters. The highest BCUT2D eigenvalue weighted by Crippen LogP contribution is 2.30.